The molecule has 0 aliphatic carbocycles. The molecule has 24 heavy (non-hydrogen) atoms. The van der Waals surface area contributed by atoms with E-state index in [1.54, 1.807) is 6.20 Å². The lowest BCUT2D eigenvalue weighted by Gasteiger charge is -2.10. The summed E-state index contributed by atoms with van der Waals surface area (Å²) >= 11 is 0. The number of nitrogens with zero attached hydrogens (tertiary/aromatic N) is 4. The third-order valence-corrected chi connectivity index (χ3v) is 4.00. The van der Waals surface area contributed by atoms with Crippen LogP contribution in [0.5, 0.6) is 0 Å². The predicted molar refractivity (Wildman–Crippen MR) is 96.0 cm³/mol. The van der Waals surface area contributed by atoms with Gasteiger partial charge in [-0.05, 0) is 48.7 Å². The number of hydrogen-bond acceptors (Lipinski definition) is 5. The number of pyridine rings is 1. The first-order chi connectivity index (χ1) is 11.6. The minimum absolute atomic E-state index is 0.541. The average molecular weight is 322 g/mol. The van der Waals surface area contributed by atoms with Gasteiger partial charge in [-0.15, -0.1) is 0 Å². The summed E-state index contributed by atoms with van der Waals surface area (Å²) in [6.07, 6.45) is 3.98. The van der Waals surface area contributed by atoms with E-state index in [2.05, 4.69) is 41.1 Å². The van der Waals surface area contributed by atoms with Crippen molar-refractivity contribution < 1.29 is 4.52 Å². The third-order valence-electron chi connectivity index (χ3n) is 4.00. The molecule has 124 valence electrons. The van der Waals surface area contributed by atoms with Crippen LogP contribution < -0.4 is 4.90 Å². The van der Waals surface area contributed by atoms with Gasteiger partial charge in [0.2, 0.25) is 5.82 Å². The molecule has 0 radical (unpaired) electrons. The van der Waals surface area contributed by atoms with Gasteiger partial charge in [0, 0.05) is 31.4 Å². The molecule has 0 fully saturated rings. The SMILES string of the molecule is CCCc1ccc(-c2nc(-c3ccnc(N(C)C)c3)no2)cc1C. The Bertz CT molecular complexity index is 839. The molecule has 0 N–H and O–H groups in total. The Balaban J connectivity index is 1.91. The Hall–Kier alpha value is -2.69. The van der Waals surface area contributed by atoms with Crippen LogP contribution >= 0.6 is 0 Å². The smallest absolute Gasteiger partial charge is 0.258 e. The fourth-order valence-corrected chi connectivity index (χ4v) is 2.64. The van der Waals surface area contributed by atoms with Gasteiger partial charge in [-0.25, -0.2) is 4.98 Å². The Kier molecular flexibility index (Phi) is 4.60. The standard InChI is InChI=1S/C19H22N4O/c1-5-6-14-7-8-16(11-13(14)2)19-21-18(22-24-19)15-9-10-20-17(12-15)23(3)4/h7-12H,5-6H2,1-4H3. The van der Waals surface area contributed by atoms with E-state index in [-0.39, 0.29) is 0 Å². The molecule has 0 aliphatic rings. The predicted octanol–water partition coefficient (Wildman–Crippen LogP) is 4.13. The molecule has 0 bridgehead atoms. The summed E-state index contributed by atoms with van der Waals surface area (Å²) in [6, 6.07) is 10.1. The second kappa shape index (κ2) is 6.83. The molecule has 3 rings (SSSR count). The summed E-state index contributed by atoms with van der Waals surface area (Å²) in [4.78, 5) is 10.8. The summed E-state index contributed by atoms with van der Waals surface area (Å²) in [5.41, 5.74) is 4.47. The highest BCUT2D eigenvalue weighted by Gasteiger charge is 2.12. The van der Waals surface area contributed by atoms with Gasteiger partial charge in [-0.2, -0.15) is 4.98 Å². The van der Waals surface area contributed by atoms with Gasteiger partial charge in [0.1, 0.15) is 5.82 Å². The number of aromatic nitrogens is 3. The van der Waals surface area contributed by atoms with Crippen LogP contribution in [0.1, 0.15) is 24.5 Å². The van der Waals surface area contributed by atoms with Gasteiger partial charge in [-0.1, -0.05) is 24.6 Å². The molecular weight excluding hydrogens is 300 g/mol. The van der Waals surface area contributed by atoms with E-state index in [1.165, 1.54) is 11.1 Å². The molecule has 3 aromatic rings. The molecule has 0 amide bonds. The van der Waals surface area contributed by atoms with Crippen LogP contribution in [0.4, 0.5) is 5.82 Å². The zero-order chi connectivity index (χ0) is 17.1. The lowest BCUT2D eigenvalue weighted by Crippen LogP contribution is -2.10. The van der Waals surface area contributed by atoms with Crippen molar-refractivity contribution >= 4 is 5.82 Å². The zero-order valence-electron chi connectivity index (χ0n) is 14.6. The maximum Gasteiger partial charge on any atom is 0.258 e. The lowest BCUT2D eigenvalue weighted by atomic mass is 10.0. The van der Waals surface area contributed by atoms with Crippen molar-refractivity contribution in [3.05, 3.63) is 47.7 Å². The molecule has 5 nitrogen and oxygen atoms in total. The molecule has 0 spiro atoms. The van der Waals surface area contributed by atoms with Gasteiger partial charge in [0.05, 0.1) is 0 Å². The molecule has 2 aromatic heterocycles. The number of aryl methyl sites for hydroxylation is 2. The van der Waals surface area contributed by atoms with Crippen LogP contribution in [0.3, 0.4) is 0 Å². The summed E-state index contributed by atoms with van der Waals surface area (Å²) in [5, 5.41) is 4.12. The third kappa shape index (κ3) is 3.30. The molecule has 2 heterocycles. The van der Waals surface area contributed by atoms with E-state index in [4.69, 9.17) is 4.52 Å². The van der Waals surface area contributed by atoms with E-state index in [0.29, 0.717) is 11.7 Å². The van der Waals surface area contributed by atoms with Crippen LogP contribution in [0.2, 0.25) is 0 Å². The monoisotopic (exact) mass is 322 g/mol. The summed E-state index contributed by atoms with van der Waals surface area (Å²) in [7, 11) is 3.91. The fourth-order valence-electron chi connectivity index (χ4n) is 2.64. The minimum atomic E-state index is 0.541. The van der Waals surface area contributed by atoms with Gasteiger partial charge < -0.3 is 9.42 Å². The van der Waals surface area contributed by atoms with Gasteiger partial charge in [-0.3, -0.25) is 0 Å². The first kappa shape index (κ1) is 16.2. The average Bonchev–Trinajstić information content (AvgIpc) is 3.07. The van der Waals surface area contributed by atoms with Crippen molar-refractivity contribution in [1.29, 1.82) is 0 Å². The van der Waals surface area contributed by atoms with Gasteiger partial charge >= 0.3 is 0 Å². The normalized spacial score (nSPS) is 10.8. The quantitative estimate of drug-likeness (QED) is 0.707. The van der Waals surface area contributed by atoms with Crippen LogP contribution in [0, 0.1) is 6.92 Å². The molecule has 5 heteroatoms. The van der Waals surface area contributed by atoms with E-state index in [1.807, 2.05) is 37.2 Å². The summed E-state index contributed by atoms with van der Waals surface area (Å²) in [5.74, 6) is 1.98. The summed E-state index contributed by atoms with van der Waals surface area (Å²) < 4.78 is 5.47. The van der Waals surface area contributed by atoms with E-state index >= 15 is 0 Å². The van der Waals surface area contributed by atoms with E-state index in [9.17, 15) is 0 Å². The number of anilines is 1. The van der Waals surface area contributed by atoms with Gasteiger partial charge in [0.25, 0.3) is 5.89 Å². The first-order valence-electron chi connectivity index (χ1n) is 8.16. The topological polar surface area (TPSA) is 55.1 Å². The Labute approximate surface area is 142 Å². The van der Waals surface area contributed by atoms with Crippen LogP contribution in [-0.4, -0.2) is 29.2 Å². The first-order valence-corrected chi connectivity index (χ1v) is 8.16. The Morgan fingerprint density at radius 3 is 2.62 bits per heavy atom. The van der Waals surface area contributed by atoms with Crippen molar-refractivity contribution in [3.8, 4) is 22.8 Å². The van der Waals surface area contributed by atoms with Gasteiger partial charge in [0.15, 0.2) is 0 Å². The molecule has 1 aromatic carbocycles. The largest absolute Gasteiger partial charge is 0.363 e. The van der Waals surface area contributed by atoms with Crippen LogP contribution in [0.25, 0.3) is 22.8 Å². The molecule has 0 unspecified atom stereocenters. The second-order valence-electron chi connectivity index (χ2n) is 6.11. The number of hydrogen-bond donors (Lipinski definition) is 0. The van der Waals surface area contributed by atoms with Crippen LogP contribution in [-0.2, 0) is 6.42 Å². The van der Waals surface area contributed by atoms with Crippen molar-refractivity contribution in [3.63, 3.8) is 0 Å². The molecule has 0 saturated carbocycles. The van der Waals surface area contributed by atoms with Crippen molar-refractivity contribution in [2.24, 2.45) is 0 Å². The molecule has 0 saturated heterocycles. The highest BCUT2D eigenvalue weighted by Crippen LogP contribution is 2.25. The Morgan fingerprint density at radius 1 is 1.08 bits per heavy atom. The van der Waals surface area contributed by atoms with E-state index in [0.717, 1.165) is 29.8 Å². The fraction of sp³-hybridized carbons (Fsp3) is 0.316. The lowest BCUT2D eigenvalue weighted by molar-refractivity contribution is 0.432. The zero-order valence-corrected chi connectivity index (χ0v) is 14.6. The minimum Gasteiger partial charge on any atom is -0.363 e. The van der Waals surface area contributed by atoms with E-state index < -0.39 is 0 Å². The van der Waals surface area contributed by atoms with Crippen LogP contribution in [0.15, 0.2) is 41.1 Å². The maximum absolute atomic E-state index is 5.47. The Morgan fingerprint density at radius 2 is 1.92 bits per heavy atom. The maximum atomic E-state index is 5.47. The molecular formula is C19H22N4O. The van der Waals surface area contributed by atoms with Crippen molar-refractivity contribution in [2.75, 3.05) is 19.0 Å². The molecule has 0 aliphatic heterocycles. The summed E-state index contributed by atoms with van der Waals surface area (Å²) in [6.45, 7) is 4.31. The van der Waals surface area contributed by atoms with Crippen molar-refractivity contribution in [1.82, 2.24) is 15.1 Å². The highest BCUT2D eigenvalue weighted by atomic mass is 16.5. The number of benzene rings is 1. The second-order valence-corrected chi connectivity index (χ2v) is 6.11. The van der Waals surface area contributed by atoms with Crippen molar-refractivity contribution in [2.45, 2.75) is 26.7 Å². The number of rotatable bonds is 5. The highest BCUT2D eigenvalue weighted by molar-refractivity contribution is 5.63. The molecule has 0 atom stereocenters.